The second-order valence-electron chi connectivity index (χ2n) is 3.80. The molecule has 0 aromatic heterocycles. The van der Waals surface area contributed by atoms with Crippen LogP contribution in [0, 0.1) is 0 Å². The molecular formula is C11H15ClN2O. The Kier molecular flexibility index (Phi) is 3.46. The summed E-state index contributed by atoms with van der Waals surface area (Å²) in [5.41, 5.74) is 5.67. The van der Waals surface area contributed by atoms with Crippen LogP contribution in [0.5, 0.6) is 5.75 Å². The van der Waals surface area contributed by atoms with E-state index in [4.69, 9.17) is 22.1 Å². The smallest absolute Gasteiger partial charge is 0.137 e. The molecule has 1 heterocycles. The maximum absolute atomic E-state index is 5.95. The van der Waals surface area contributed by atoms with Gasteiger partial charge in [0.05, 0.1) is 5.02 Å². The second-order valence-corrected chi connectivity index (χ2v) is 4.21. The lowest BCUT2D eigenvalue weighted by Gasteiger charge is -2.36. The summed E-state index contributed by atoms with van der Waals surface area (Å²) in [6.45, 7) is 3.53. The molecule has 15 heavy (non-hydrogen) atoms. The van der Waals surface area contributed by atoms with E-state index in [1.165, 1.54) is 0 Å². The van der Waals surface area contributed by atoms with Crippen molar-refractivity contribution in [3.05, 3.63) is 29.3 Å². The zero-order valence-electron chi connectivity index (χ0n) is 8.53. The maximum atomic E-state index is 5.95. The first-order valence-corrected chi connectivity index (χ1v) is 5.49. The molecule has 0 radical (unpaired) electrons. The first-order chi connectivity index (χ1) is 7.25. The molecule has 0 bridgehead atoms. The Hall–Kier alpha value is -0.770. The molecule has 4 heteroatoms. The summed E-state index contributed by atoms with van der Waals surface area (Å²) in [5, 5.41) is 0.665. The van der Waals surface area contributed by atoms with Gasteiger partial charge in [-0.2, -0.15) is 0 Å². The molecule has 1 aromatic carbocycles. The normalized spacial score (nSPS) is 17.5. The van der Waals surface area contributed by atoms with Crippen molar-refractivity contribution in [2.75, 3.05) is 26.2 Å². The predicted octanol–water partition coefficient (Wildman–Crippen LogP) is 1.36. The van der Waals surface area contributed by atoms with Gasteiger partial charge in [0, 0.05) is 25.7 Å². The van der Waals surface area contributed by atoms with Gasteiger partial charge in [0.25, 0.3) is 0 Å². The van der Waals surface area contributed by atoms with Gasteiger partial charge in [-0.15, -0.1) is 0 Å². The highest BCUT2D eigenvalue weighted by atomic mass is 35.5. The number of benzene rings is 1. The Bertz CT molecular complexity index is 326. The van der Waals surface area contributed by atoms with E-state index in [9.17, 15) is 0 Å². The monoisotopic (exact) mass is 226 g/mol. The van der Waals surface area contributed by atoms with Gasteiger partial charge in [-0.25, -0.2) is 0 Å². The van der Waals surface area contributed by atoms with E-state index in [0.29, 0.717) is 17.7 Å². The molecule has 3 nitrogen and oxygen atoms in total. The van der Waals surface area contributed by atoms with Crippen LogP contribution in [0.4, 0.5) is 0 Å². The fraction of sp³-hybridized carbons (Fsp3) is 0.455. The molecular weight excluding hydrogens is 212 g/mol. The van der Waals surface area contributed by atoms with Crippen molar-refractivity contribution in [1.82, 2.24) is 4.90 Å². The van der Waals surface area contributed by atoms with Crippen molar-refractivity contribution in [2.24, 2.45) is 5.73 Å². The van der Waals surface area contributed by atoms with E-state index in [1.54, 1.807) is 0 Å². The number of nitrogens with zero attached hydrogens (tertiary/aromatic N) is 1. The second kappa shape index (κ2) is 4.84. The van der Waals surface area contributed by atoms with Gasteiger partial charge in [-0.3, -0.25) is 4.90 Å². The van der Waals surface area contributed by atoms with Crippen LogP contribution in [0.1, 0.15) is 0 Å². The summed E-state index contributed by atoms with van der Waals surface area (Å²) in [5.74, 6) is 0.754. The van der Waals surface area contributed by atoms with Gasteiger partial charge in [-0.05, 0) is 12.1 Å². The molecule has 0 saturated carbocycles. The van der Waals surface area contributed by atoms with E-state index in [2.05, 4.69) is 4.90 Å². The lowest BCUT2D eigenvalue weighted by atomic mass is 10.1. The van der Waals surface area contributed by atoms with Gasteiger partial charge in [-0.1, -0.05) is 23.7 Å². The summed E-state index contributed by atoms with van der Waals surface area (Å²) >= 11 is 5.95. The third kappa shape index (κ3) is 2.84. The van der Waals surface area contributed by atoms with Crippen molar-refractivity contribution < 1.29 is 4.74 Å². The zero-order valence-corrected chi connectivity index (χ0v) is 9.28. The van der Waals surface area contributed by atoms with Crippen LogP contribution >= 0.6 is 11.6 Å². The zero-order chi connectivity index (χ0) is 10.7. The molecule has 2 N–H and O–H groups in total. The molecule has 1 saturated heterocycles. The molecule has 2 rings (SSSR count). The van der Waals surface area contributed by atoms with Crippen LogP contribution in [-0.4, -0.2) is 37.2 Å². The van der Waals surface area contributed by atoms with Gasteiger partial charge in [0.15, 0.2) is 0 Å². The summed E-state index contributed by atoms with van der Waals surface area (Å²) in [6.07, 6.45) is 0. The number of rotatable bonds is 4. The van der Waals surface area contributed by atoms with E-state index in [0.717, 1.165) is 25.4 Å². The Morgan fingerprint density at radius 1 is 1.40 bits per heavy atom. The standard InChI is InChI=1S/C11H15ClN2O/c12-10-3-1-2-4-11(10)15-6-5-14-7-9(13)8-14/h1-4,9H,5-8,13H2. The minimum atomic E-state index is 0.352. The predicted molar refractivity (Wildman–Crippen MR) is 61.4 cm³/mol. The van der Waals surface area contributed by atoms with Gasteiger partial charge >= 0.3 is 0 Å². The number of nitrogens with two attached hydrogens (primary N) is 1. The van der Waals surface area contributed by atoms with E-state index in [-0.39, 0.29) is 0 Å². The lowest BCUT2D eigenvalue weighted by Crippen LogP contribution is -2.56. The van der Waals surface area contributed by atoms with Gasteiger partial charge in [0.2, 0.25) is 0 Å². The first-order valence-electron chi connectivity index (χ1n) is 5.11. The molecule has 1 aliphatic heterocycles. The number of hydrogen-bond donors (Lipinski definition) is 1. The average Bonchev–Trinajstić information content (AvgIpc) is 2.18. The molecule has 1 fully saturated rings. The highest BCUT2D eigenvalue weighted by Gasteiger charge is 2.22. The highest BCUT2D eigenvalue weighted by molar-refractivity contribution is 6.32. The van der Waals surface area contributed by atoms with Crippen molar-refractivity contribution in [2.45, 2.75) is 6.04 Å². The van der Waals surface area contributed by atoms with Crippen LogP contribution in [0.3, 0.4) is 0 Å². The molecule has 0 aliphatic carbocycles. The number of hydrogen-bond acceptors (Lipinski definition) is 3. The molecule has 0 spiro atoms. The summed E-state index contributed by atoms with van der Waals surface area (Å²) in [6, 6.07) is 7.87. The molecule has 0 amide bonds. The largest absolute Gasteiger partial charge is 0.491 e. The lowest BCUT2D eigenvalue weighted by molar-refractivity contribution is 0.124. The number of para-hydroxylation sites is 1. The summed E-state index contributed by atoms with van der Waals surface area (Å²) in [7, 11) is 0. The van der Waals surface area contributed by atoms with E-state index >= 15 is 0 Å². The fourth-order valence-corrected chi connectivity index (χ4v) is 1.83. The first kappa shape index (κ1) is 10.7. The molecule has 0 unspecified atom stereocenters. The minimum absolute atomic E-state index is 0.352. The van der Waals surface area contributed by atoms with Crippen LogP contribution in [-0.2, 0) is 0 Å². The van der Waals surface area contributed by atoms with E-state index in [1.807, 2.05) is 24.3 Å². The van der Waals surface area contributed by atoms with Crippen molar-refractivity contribution in [3.8, 4) is 5.75 Å². The Morgan fingerprint density at radius 2 is 2.13 bits per heavy atom. The Balaban J connectivity index is 1.72. The third-order valence-corrected chi connectivity index (χ3v) is 2.80. The van der Waals surface area contributed by atoms with Crippen molar-refractivity contribution >= 4 is 11.6 Å². The summed E-state index contributed by atoms with van der Waals surface area (Å²) < 4.78 is 5.56. The van der Waals surface area contributed by atoms with E-state index < -0.39 is 0 Å². The number of halogens is 1. The van der Waals surface area contributed by atoms with Gasteiger partial charge < -0.3 is 10.5 Å². The number of likely N-dealkylation sites (tertiary alicyclic amines) is 1. The van der Waals surface area contributed by atoms with Crippen LogP contribution < -0.4 is 10.5 Å². The average molecular weight is 227 g/mol. The number of ether oxygens (including phenoxy) is 1. The Labute approximate surface area is 94.8 Å². The molecule has 82 valence electrons. The molecule has 0 atom stereocenters. The molecule has 1 aromatic rings. The summed E-state index contributed by atoms with van der Waals surface area (Å²) in [4.78, 5) is 2.27. The maximum Gasteiger partial charge on any atom is 0.137 e. The van der Waals surface area contributed by atoms with Crippen molar-refractivity contribution in [3.63, 3.8) is 0 Å². The minimum Gasteiger partial charge on any atom is -0.491 e. The topological polar surface area (TPSA) is 38.5 Å². The Morgan fingerprint density at radius 3 is 2.80 bits per heavy atom. The third-order valence-electron chi connectivity index (χ3n) is 2.49. The van der Waals surface area contributed by atoms with Crippen LogP contribution in [0.15, 0.2) is 24.3 Å². The quantitative estimate of drug-likeness (QED) is 0.843. The van der Waals surface area contributed by atoms with Crippen molar-refractivity contribution in [1.29, 1.82) is 0 Å². The van der Waals surface area contributed by atoms with Crippen LogP contribution in [0.25, 0.3) is 0 Å². The molecule has 1 aliphatic rings. The SMILES string of the molecule is NC1CN(CCOc2ccccc2Cl)C1. The highest BCUT2D eigenvalue weighted by Crippen LogP contribution is 2.22. The fourth-order valence-electron chi connectivity index (χ4n) is 1.64. The van der Waals surface area contributed by atoms with Gasteiger partial charge in [0.1, 0.15) is 12.4 Å². The van der Waals surface area contributed by atoms with Crippen LogP contribution in [0.2, 0.25) is 5.02 Å².